The van der Waals surface area contributed by atoms with Gasteiger partial charge in [-0.05, 0) is 24.6 Å². The molecule has 4 nitrogen and oxygen atoms in total. The number of anilines is 2. The first-order valence-corrected chi connectivity index (χ1v) is 6.51. The number of rotatable bonds is 1. The summed E-state index contributed by atoms with van der Waals surface area (Å²) in [5.41, 5.74) is 1.73. The van der Waals surface area contributed by atoms with Gasteiger partial charge >= 0.3 is 0 Å². The van der Waals surface area contributed by atoms with Crippen molar-refractivity contribution >= 4 is 17.3 Å². The summed E-state index contributed by atoms with van der Waals surface area (Å²) in [6.07, 6.45) is 3.31. The van der Waals surface area contributed by atoms with Gasteiger partial charge in [0, 0.05) is 19.3 Å². The van der Waals surface area contributed by atoms with E-state index in [9.17, 15) is 9.18 Å². The number of fused-ring (bicyclic) bond motifs is 1. The molecule has 1 aliphatic heterocycles. The van der Waals surface area contributed by atoms with Crippen LogP contribution in [0.15, 0.2) is 42.7 Å². The van der Waals surface area contributed by atoms with Crippen LogP contribution in [0.5, 0.6) is 0 Å². The molecule has 0 bridgehead atoms. The first-order valence-electron chi connectivity index (χ1n) is 6.51. The van der Waals surface area contributed by atoms with Gasteiger partial charge in [0.05, 0.1) is 23.1 Å². The van der Waals surface area contributed by atoms with Crippen molar-refractivity contribution in [2.75, 3.05) is 23.3 Å². The number of benzene rings is 1. The Balaban J connectivity index is 2.02. The van der Waals surface area contributed by atoms with Crippen LogP contribution >= 0.6 is 0 Å². The van der Waals surface area contributed by atoms with E-state index >= 15 is 0 Å². The zero-order chi connectivity index (χ0) is 13.9. The molecule has 1 aliphatic rings. The van der Waals surface area contributed by atoms with Crippen molar-refractivity contribution in [1.29, 1.82) is 0 Å². The smallest absolute Gasteiger partial charge is 0.261 e. The monoisotopic (exact) mass is 271 g/mol. The molecule has 0 fully saturated rings. The van der Waals surface area contributed by atoms with Gasteiger partial charge in [0.2, 0.25) is 0 Å². The number of nitrogens with one attached hydrogen (secondary N) is 1. The minimum absolute atomic E-state index is 0.0525. The number of nitrogens with zero attached hydrogens (tertiary/aromatic N) is 2. The highest BCUT2D eigenvalue weighted by atomic mass is 19.1. The Morgan fingerprint density at radius 3 is 3.00 bits per heavy atom. The van der Waals surface area contributed by atoms with Crippen LogP contribution in [0.4, 0.5) is 15.8 Å². The van der Waals surface area contributed by atoms with Crippen LogP contribution in [0.1, 0.15) is 16.8 Å². The van der Waals surface area contributed by atoms with Crippen LogP contribution in [0.25, 0.3) is 0 Å². The predicted molar refractivity (Wildman–Crippen MR) is 75.4 cm³/mol. The quantitative estimate of drug-likeness (QED) is 0.867. The van der Waals surface area contributed by atoms with Gasteiger partial charge in [-0.3, -0.25) is 9.78 Å². The Hall–Kier alpha value is -2.43. The van der Waals surface area contributed by atoms with Gasteiger partial charge in [0.15, 0.2) is 5.82 Å². The lowest BCUT2D eigenvalue weighted by atomic mass is 10.2. The third kappa shape index (κ3) is 2.22. The molecular weight excluding hydrogens is 257 g/mol. The summed E-state index contributed by atoms with van der Waals surface area (Å²) in [6.45, 7) is 1.35. The van der Waals surface area contributed by atoms with Crippen molar-refractivity contribution in [3.8, 4) is 0 Å². The first-order chi connectivity index (χ1) is 9.77. The van der Waals surface area contributed by atoms with E-state index in [-0.39, 0.29) is 11.5 Å². The molecule has 0 atom stereocenters. The van der Waals surface area contributed by atoms with Crippen molar-refractivity contribution in [2.45, 2.75) is 6.42 Å². The van der Waals surface area contributed by atoms with Crippen molar-refractivity contribution < 1.29 is 9.18 Å². The van der Waals surface area contributed by atoms with Crippen LogP contribution in [0.3, 0.4) is 0 Å². The van der Waals surface area contributed by atoms with E-state index in [1.165, 1.54) is 12.3 Å². The summed E-state index contributed by atoms with van der Waals surface area (Å²) in [5.74, 6) is -0.923. The van der Waals surface area contributed by atoms with E-state index in [0.717, 1.165) is 30.5 Å². The van der Waals surface area contributed by atoms with Crippen molar-refractivity contribution in [3.63, 3.8) is 0 Å². The Labute approximate surface area is 116 Å². The van der Waals surface area contributed by atoms with Crippen molar-refractivity contribution in [3.05, 3.63) is 54.1 Å². The molecule has 1 aromatic carbocycles. The number of hydrogen-bond donors (Lipinski definition) is 1. The fraction of sp³-hybridized carbons (Fsp3) is 0.200. The molecule has 0 unspecified atom stereocenters. The average molecular weight is 271 g/mol. The molecule has 0 saturated heterocycles. The molecule has 3 rings (SSSR count). The zero-order valence-electron chi connectivity index (χ0n) is 10.8. The number of carbonyl (C=O) groups excluding carboxylic acids is 1. The summed E-state index contributed by atoms with van der Waals surface area (Å²) < 4.78 is 13.7. The zero-order valence-corrected chi connectivity index (χ0v) is 10.8. The van der Waals surface area contributed by atoms with Crippen LogP contribution in [0, 0.1) is 5.82 Å². The van der Waals surface area contributed by atoms with Crippen LogP contribution < -0.4 is 10.2 Å². The van der Waals surface area contributed by atoms with Gasteiger partial charge in [0.1, 0.15) is 0 Å². The molecule has 0 spiro atoms. The minimum atomic E-state index is -0.591. The standard InChI is InChI=1S/C15H14FN3O/c16-12-10-17-8-6-11(12)15(20)19-9-3-7-18-13-4-1-2-5-14(13)19/h1-2,4-6,8,10,18H,3,7,9H2. The molecule has 5 heteroatoms. The molecule has 102 valence electrons. The maximum atomic E-state index is 13.7. The van der Waals surface area contributed by atoms with Crippen molar-refractivity contribution in [2.24, 2.45) is 0 Å². The van der Waals surface area contributed by atoms with Gasteiger partial charge in [-0.2, -0.15) is 0 Å². The molecule has 1 N–H and O–H groups in total. The lowest BCUT2D eigenvalue weighted by Gasteiger charge is -2.22. The Bertz CT molecular complexity index is 645. The summed E-state index contributed by atoms with van der Waals surface area (Å²) >= 11 is 0. The number of halogens is 1. The Morgan fingerprint density at radius 2 is 2.15 bits per heavy atom. The number of para-hydroxylation sites is 2. The van der Waals surface area contributed by atoms with E-state index in [1.807, 2.05) is 24.3 Å². The van der Waals surface area contributed by atoms with E-state index in [2.05, 4.69) is 10.3 Å². The first kappa shape index (κ1) is 12.6. The third-order valence-electron chi connectivity index (χ3n) is 3.32. The highest BCUT2D eigenvalue weighted by Gasteiger charge is 2.23. The summed E-state index contributed by atoms with van der Waals surface area (Å²) in [7, 11) is 0. The molecule has 0 radical (unpaired) electrons. The van der Waals surface area contributed by atoms with Gasteiger partial charge in [-0.1, -0.05) is 12.1 Å². The number of aromatic nitrogens is 1. The Morgan fingerprint density at radius 1 is 1.30 bits per heavy atom. The fourth-order valence-electron chi connectivity index (χ4n) is 2.34. The summed E-state index contributed by atoms with van der Waals surface area (Å²) in [6, 6.07) is 8.98. The van der Waals surface area contributed by atoms with Gasteiger partial charge in [-0.15, -0.1) is 0 Å². The molecule has 1 aromatic heterocycles. The molecule has 1 amide bonds. The van der Waals surface area contributed by atoms with E-state index in [4.69, 9.17) is 0 Å². The molecule has 0 aliphatic carbocycles. The predicted octanol–water partition coefficient (Wildman–Crippen LogP) is 2.68. The van der Waals surface area contributed by atoms with E-state index in [0.29, 0.717) is 6.54 Å². The van der Waals surface area contributed by atoms with E-state index < -0.39 is 5.82 Å². The van der Waals surface area contributed by atoms with E-state index in [1.54, 1.807) is 4.90 Å². The number of carbonyl (C=O) groups is 1. The summed E-state index contributed by atoms with van der Waals surface area (Å²) in [4.78, 5) is 17.9. The molecule has 2 heterocycles. The van der Waals surface area contributed by atoms with Gasteiger partial charge in [0.25, 0.3) is 5.91 Å². The van der Waals surface area contributed by atoms with Crippen LogP contribution in [0.2, 0.25) is 0 Å². The van der Waals surface area contributed by atoms with Gasteiger partial charge < -0.3 is 10.2 Å². The maximum absolute atomic E-state index is 13.7. The number of hydrogen-bond acceptors (Lipinski definition) is 3. The highest BCUT2D eigenvalue weighted by molar-refractivity contribution is 6.08. The van der Waals surface area contributed by atoms with Crippen LogP contribution in [-0.2, 0) is 0 Å². The van der Waals surface area contributed by atoms with Crippen molar-refractivity contribution in [1.82, 2.24) is 4.98 Å². The van der Waals surface area contributed by atoms with Gasteiger partial charge in [-0.25, -0.2) is 4.39 Å². The molecule has 20 heavy (non-hydrogen) atoms. The number of pyridine rings is 1. The summed E-state index contributed by atoms with van der Waals surface area (Å²) in [5, 5.41) is 3.28. The lowest BCUT2D eigenvalue weighted by Crippen LogP contribution is -2.32. The second kappa shape index (κ2) is 5.28. The second-order valence-electron chi connectivity index (χ2n) is 4.61. The molecule has 2 aromatic rings. The molecular formula is C15H14FN3O. The largest absolute Gasteiger partial charge is 0.383 e. The maximum Gasteiger partial charge on any atom is 0.261 e. The second-order valence-corrected chi connectivity index (χ2v) is 4.61. The third-order valence-corrected chi connectivity index (χ3v) is 3.32. The highest BCUT2D eigenvalue weighted by Crippen LogP contribution is 2.29. The topological polar surface area (TPSA) is 45.2 Å². The Kier molecular flexibility index (Phi) is 3.33. The lowest BCUT2D eigenvalue weighted by molar-refractivity contribution is 0.0983. The average Bonchev–Trinajstić information content (AvgIpc) is 2.69. The normalized spacial score (nSPS) is 14.2. The number of amides is 1. The SMILES string of the molecule is O=C(c1ccncc1F)N1CCCNc2ccccc21. The molecule has 0 saturated carbocycles. The fourth-order valence-corrected chi connectivity index (χ4v) is 2.34. The minimum Gasteiger partial charge on any atom is -0.383 e. The van der Waals surface area contributed by atoms with Crippen LogP contribution in [-0.4, -0.2) is 24.0 Å².